The SMILES string of the molecule is CCc1noc(-c2ccn3c(CNC(=O)c4ccccc4F)nnc3c2)n1. The van der Waals surface area contributed by atoms with Gasteiger partial charge in [-0.15, -0.1) is 10.2 Å². The molecular formula is C18H15FN6O2. The largest absolute Gasteiger partial charge is 0.345 e. The maximum absolute atomic E-state index is 13.7. The van der Waals surface area contributed by atoms with E-state index in [2.05, 4.69) is 25.7 Å². The molecule has 27 heavy (non-hydrogen) atoms. The minimum atomic E-state index is -0.572. The number of nitrogens with one attached hydrogen (secondary N) is 1. The quantitative estimate of drug-likeness (QED) is 0.582. The summed E-state index contributed by atoms with van der Waals surface area (Å²) in [6.07, 6.45) is 2.44. The van der Waals surface area contributed by atoms with Crippen LogP contribution in [0.4, 0.5) is 4.39 Å². The van der Waals surface area contributed by atoms with Crippen LogP contribution in [-0.4, -0.2) is 30.6 Å². The highest BCUT2D eigenvalue weighted by atomic mass is 19.1. The zero-order chi connectivity index (χ0) is 18.8. The van der Waals surface area contributed by atoms with Crippen molar-refractivity contribution < 1.29 is 13.7 Å². The lowest BCUT2D eigenvalue weighted by atomic mass is 10.2. The van der Waals surface area contributed by atoms with Crippen molar-refractivity contribution in [3.8, 4) is 11.5 Å². The van der Waals surface area contributed by atoms with Crippen LogP contribution in [0.2, 0.25) is 0 Å². The molecule has 0 aliphatic heterocycles. The molecular weight excluding hydrogens is 351 g/mol. The third-order valence-electron chi connectivity index (χ3n) is 4.04. The summed E-state index contributed by atoms with van der Waals surface area (Å²) in [7, 11) is 0. The van der Waals surface area contributed by atoms with E-state index in [9.17, 15) is 9.18 Å². The molecule has 1 aromatic carbocycles. The molecule has 9 heteroatoms. The maximum atomic E-state index is 13.7. The molecule has 1 amide bonds. The molecule has 1 N–H and O–H groups in total. The number of aryl methyl sites for hydroxylation is 1. The fraction of sp³-hybridized carbons (Fsp3) is 0.167. The number of amides is 1. The highest BCUT2D eigenvalue weighted by molar-refractivity contribution is 5.94. The molecule has 0 spiro atoms. The molecule has 136 valence electrons. The van der Waals surface area contributed by atoms with E-state index in [0.29, 0.717) is 29.6 Å². The summed E-state index contributed by atoms with van der Waals surface area (Å²) < 4.78 is 20.6. The minimum Gasteiger partial charge on any atom is -0.345 e. The Kier molecular flexibility index (Phi) is 4.33. The first kappa shape index (κ1) is 16.8. The first-order valence-electron chi connectivity index (χ1n) is 8.35. The fourth-order valence-corrected chi connectivity index (χ4v) is 2.61. The van der Waals surface area contributed by atoms with E-state index < -0.39 is 11.7 Å². The fourth-order valence-electron chi connectivity index (χ4n) is 2.61. The molecule has 0 atom stereocenters. The van der Waals surface area contributed by atoms with Gasteiger partial charge in [-0.05, 0) is 24.3 Å². The number of rotatable bonds is 5. The first-order chi connectivity index (χ1) is 13.2. The van der Waals surface area contributed by atoms with Crippen molar-refractivity contribution in [1.29, 1.82) is 0 Å². The van der Waals surface area contributed by atoms with E-state index in [-0.39, 0.29) is 12.1 Å². The van der Waals surface area contributed by atoms with Crippen molar-refractivity contribution in [2.45, 2.75) is 19.9 Å². The normalized spacial score (nSPS) is 11.0. The van der Waals surface area contributed by atoms with E-state index in [1.165, 1.54) is 18.2 Å². The first-order valence-corrected chi connectivity index (χ1v) is 8.35. The Balaban J connectivity index is 1.53. The molecule has 0 saturated heterocycles. The second-order valence-corrected chi connectivity index (χ2v) is 5.79. The zero-order valence-electron chi connectivity index (χ0n) is 14.4. The Morgan fingerprint density at radius 1 is 1.26 bits per heavy atom. The number of fused-ring (bicyclic) bond motifs is 1. The molecule has 4 rings (SSSR count). The monoisotopic (exact) mass is 366 g/mol. The second-order valence-electron chi connectivity index (χ2n) is 5.79. The topological polar surface area (TPSA) is 98.2 Å². The predicted octanol–water partition coefficient (Wildman–Crippen LogP) is 2.41. The standard InChI is InChI=1S/C18H15FN6O2/c1-2-14-21-18(27-24-14)11-7-8-25-15(9-11)22-23-16(25)10-20-17(26)12-5-3-4-6-13(12)19/h3-9H,2,10H2,1H3,(H,20,26). The van der Waals surface area contributed by atoms with Gasteiger partial charge in [-0.25, -0.2) is 4.39 Å². The van der Waals surface area contributed by atoms with E-state index >= 15 is 0 Å². The highest BCUT2D eigenvalue weighted by Crippen LogP contribution is 2.19. The van der Waals surface area contributed by atoms with Crippen LogP contribution in [0.5, 0.6) is 0 Å². The van der Waals surface area contributed by atoms with Gasteiger partial charge in [0.1, 0.15) is 5.82 Å². The van der Waals surface area contributed by atoms with Gasteiger partial charge in [0.15, 0.2) is 17.3 Å². The van der Waals surface area contributed by atoms with Crippen LogP contribution in [0.25, 0.3) is 17.1 Å². The van der Waals surface area contributed by atoms with E-state index in [1.54, 1.807) is 28.8 Å². The number of halogens is 1. The number of benzene rings is 1. The summed E-state index contributed by atoms with van der Waals surface area (Å²) in [5.41, 5.74) is 1.28. The van der Waals surface area contributed by atoms with Gasteiger partial charge in [-0.3, -0.25) is 9.20 Å². The average molecular weight is 366 g/mol. The van der Waals surface area contributed by atoms with Crippen LogP contribution < -0.4 is 5.32 Å². The number of hydrogen-bond acceptors (Lipinski definition) is 6. The Labute approximate surface area is 153 Å². The van der Waals surface area contributed by atoms with Gasteiger partial charge < -0.3 is 9.84 Å². The van der Waals surface area contributed by atoms with Crippen LogP contribution in [0.3, 0.4) is 0 Å². The van der Waals surface area contributed by atoms with Gasteiger partial charge >= 0.3 is 0 Å². The smallest absolute Gasteiger partial charge is 0.258 e. The molecule has 3 heterocycles. The number of aromatic nitrogens is 5. The van der Waals surface area contributed by atoms with Crippen LogP contribution in [0.15, 0.2) is 47.1 Å². The zero-order valence-corrected chi connectivity index (χ0v) is 14.4. The second kappa shape index (κ2) is 6.94. The predicted molar refractivity (Wildman–Crippen MR) is 93.2 cm³/mol. The van der Waals surface area contributed by atoms with E-state index in [1.807, 2.05) is 6.92 Å². The summed E-state index contributed by atoms with van der Waals surface area (Å²) in [6, 6.07) is 9.36. The molecule has 0 fully saturated rings. The van der Waals surface area contributed by atoms with Gasteiger partial charge in [0.25, 0.3) is 11.8 Å². The van der Waals surface area contributed by atoms with Crippen LogP contribution in [-0.2, 0) is 13.0 Å². The third-order valence-corrected chi connectivity index (χ3v) is 4.04. The summed E-state index contributed by atoms with van der Waals surface area (Å²) in [6.45, 7) is 2.05. The number of carbonyl (C=O) groups is 1. The molecule has 8 nitrogen and oxygen atoms in total. The van der Waals surface area contributed by atoms with Gasteiger partial charge in [-0.1, -0.05) is 24.2 Å². The number of pyridine rings is 1. The Bertz CT molecular complexity index is 1120. The number of carbonyl (C=O) groups excluding carboxylic acids is 1. The molecule has 0 radical (unpaired) electrons. The van der Waals surface area contributed by atoms with E-state index in [4.69, 9.17) is 4.52 Å². The van der Waals surface area contributed by atoms with Gasteiger partial charge in [0.05, 0.1) is 12.1 Å². The third kappa shape index (κ3) is 3.26. The maximum Gasteiger partial charge on any atom is 0.258 e. The van der Waals surface area contributed by atoms with Crippen LogP contribution >= 0.6 is 0 Å². The molecule has 0 aliphatic rings. The van der Waals surface area contributed by atoms with Crippen molar-refractivity contribution in [3.63, 3.8) is 0 Å². The summed E-state index contributed by atoms with van der Waals surface area (Å²) in [4.78, 5) is 16.4. The average Bonchev–Trinajstić information content (AvgIpc) is 3.33. The molecule has 0 unspecified atom stereocenters. The lowest BCUT2D eigenvalue weighted by Crippen LogP contribution is -2.24. The van der Waals surface area contributed by atoms with Crippen LogP contribution in [0.1, 0.15) is 28.9 Å². The molecule has 0 saturated carbocycles. The van der Waals surface area contributed by atoms with Crippen molar-refractivity contribution in [1.82, 2.24) is 30.1 Å². The van der Waals surface area contributed by atoms with Crippen molar-refractivity contribution in [2.75, 3.05) is 0 Å². The lowest BCUT2D eigenvalue weighted by Gasteiger charge is -2.05. The number of nitrogens with zero attached hydrogens (tertiary/aromatic N) is 5. The minimum absolute atomic E-state index is 0.0169. The van der Waals surface area contributed by atoms with Gasteiger partial charge in [0, 0.05) is 18.2 Å². The lowest BCUT2D eigenvalue weighted by molar-refractivity contribution is 0.0945. The van der Waals surface area contributed by atoms with Crippen molar-refractivity contribution >= 4 is 11.6 Å². The summed E-state index contributed by atoms with van der Waals surface area (Å²) in [5.74, 6) is 0.465. The molecule has 4 aromatic rings. The summed E-state index contributed by atoms with van der Waals surface area (Å²) in [5, 5.41) is 14.7. The Hall–Kier alpha value is -3.62. The van der Waals surface area contributed by atoms with Gasteiger partial charge in [-0.2, -0.15) is 4.98 Å². The van der Waals surface area contributed by atoms with Crippen LogP contribution in [0, 0.1) is 5.82 Å². The van der Waals surface area contributed by atoms with Gasteiger partial charge in [0.2, 0.25) is 0 Å². The van der Waals surface area contributed by atoms with E-state index in [0.717, 1.165) is 5.56 Å². The molecule has 0 aliphatic carbocycles. The molecule has 0 bridgehead atoms. The van der Waals surface area contributed by atoms with Crippen molar-refractivity contribution in [3.05, 3.63) is 65.6 Å². The Morgan fingerprint density at radius 2 is 2.11 bits per heavy atom. The Morgan fingerprint density at radius 3 is 2.89 bits per heavy atom. The molecule has 3 aromatic heterocycles. The number of hydrogen-bond donors (Lipinski definition) is 1. The highest BCUT2D eigenvalue weighted by Gasteiger charge is 2.14. The van der Waals surface area contributed by atoms with Crippen molar-refractivity contribution in [2.24, 2.45) is 0 Å². The summed E-state index contributed by atoms with van der Waals surface area (Å²) >= 11 is 0.